The van der Waals surface area contributed by atoms with Crippen molar-refractivity contribution in [3.05, 3.63) is 23.9 Å². The Kier molecular flexibility index (Phi) is 6.93. The molecule has 0 unspecified atom stereocenters. The van der Waals surface area contributed by atoms with Gasteiger partial charge in [0.25, 0.3) is 10.0 Å². The maximum Gasteiger partial charge on any atom is 0.258 e. The molecule has 0 spiro atoms. The lowest BCUT2D eigenvalue weighted by Gasteiger charge is -2.06. The number of aromatic nitrogens is 1. The number of aliphatic hydroxyl groups is 1. The molecular formula is C12H20N2O4S. The molecule has 0 aliphatic rings. The Balaban J connectivity index is 2.42. The molecule has 0 bridgehead atoms. The van der Waals surface area contributed by atoms with E-state index < -0.39 is 10.0 Å². The summed E-state index contributed by atoms with van der Waals surface area (Å²) >= 11 is 0. The van der Waals surface area contributed by atoms with Crippen molar-refractivity contribution in [1.82, 2.24) is 9.71 Å². The predicted octanol–water partition coefficient (Wildman–Crippen LogP) is 0.669. The fraction of sp³-hybridized carbons (Fsp3) is 0.583. The first kappa shape index (κ1) is 16.0. The zero-order valence-electron chi connectivity index (χ0n) is 11.0. The highest BCUT2D eigenvalue weighted by atomic mass is 32.2. The van der Waals surface area contributed by atoms with Gasteiger partial charge in [-0.2, -0.15) is 0 Å². The van der Waals surface area contributed by atoms with Crippen molar-refractivity contribution in [3.63, 3.8) is 0 Å². The molecule has 0 saturated heterocycles. The molecule has 0 aromatic carbocycles. The molecule has 0 radical (unpaired) electrons. The normalized spacial score (nSPS) is 11.7. The Labute approximate surface area is 113 Å². The van der Waals surface area contributed by atoms with E-state index in [1.54, 1.807) is 0 Å². The number of aliphatic hydroxyl groups excluding tert-OH is 1. The minimum atomic E-state index is -3.58. The van der Waals surface area contributed by atoms with Gasteiger partial charge < -0.3 is 9.84 Å². The van der Waals surface area contributed by atoms with E-state index >= 15 is 0 Å². The van der Waals surface area contributed by atoms with Crippen molar-refractivity contribution < 1.29 is 18.3 Å². The number of nitrogens with zero attached hydrogens (tertiary/aromatic N) is 1. The molecule has 0 aliphatic carbocycles. The van der Waals surface area contributed by atoms with Gasteiger partial charge in [-0.15, -0.1) is 0 Å². The fourth-order valence-electron chi connectivity index (χ4n) is 1.36. The number of hydrogen-bond acceptors (Lipinski definition) is 5. The van der Waals surface area contributed by atoms with Crippen LogP contribution in [0.4, 0.5) is 0 Å². The van der Waals surface area contributed by atoms with Crippen LogP contribution in [0.2, 0.25) is 0 Å². The summed E-state index contributed by atoms with van der Waals surface area (Å²) in [5.74, 6) is 0. The maximum absolute atomic E-state index is 11.8. The lowest BCUT2D eigenvalue weighted by atomic mass is 10.3. The van der Waals surface area contributed by atoms with Gasteiger partial charge >= 0.3 is 0 Å². The quantitative estimate of drug-likeness (QED) is 0.652. The topological polar surface area (TPSA) is 88.5 Å². The molecular weight excluding hydrogens is 268 g/mol. The van der Waals surface area contributed by atoms with Crippen molar-refractivity contribution in [2.45, 2.75) is 31.4 Å². The van der Waals surface area contributed by atoms with Crippen LogP contribution >= 0.6 is 0 Å². The zero-order valence-corrected chi connectivity index (χ0v) is 11.8. The van der Waals surface area contributed by atoms with Crippen LogP contribution in [-0.4, -0.2) is 38.3 Å². The van der Waals surface area contributed by atoms with Crippen LogP contribution < -0.4 is 4.72 Å². The van der Waals surface area contributed by atoms with Crippen molar-refractivity contribution in [1.29, 1.82) is 0 Å². The molecule has 0 atom stereocenters. The summed E-state index contributed by atoms with van der Waals surface area (Å²) in [6.07, 6.45) is 2.92. The third kappa shape index (κ3) is 5.65. The van der Waals surface area contributed by atoms with E-state index in [1.165, 1.54) is 18.3 Å². The van der Waals surface area contributed by atoms with Crippen molar-refractivity contribution in [3.8, 4) is 0 Å². The number of rotatable bonds is 9. The molecule has 19 heavy (non-hydrogen) atoms. The fourth-order valence-corrected chi connectivity index (χ4v) is 2.36. The molecule has 108 valence electrons. The highest BCUT2D eigenvalue weighted by Gasteiger charge is 2.14. The number of hydrogen-bond donors (Lipinski definition) is 2. The van der Waals surface area contributed by atoms with Gasteiger partial charge in [0.2, 0.25) is 0 Å². The Bertz CT molecular complexity index is 459. The third-order valence-electron chi connectivity index (χ3n) is 2.36. The van der Waals surface area contributed by atoms with E-state index in [9.17, 15) is 8.42 Å². The molecule has 6 nitrogen and oxygen atoms in total. The standard InChI is InChI=1S/C12H20N2O4S/c1-2-7-18-8-3-6-14-19(16,17)12-5-4-11(10-15)9-13-12/h4-5,9,14-15H,2-3,6-8,10H2,1H3. The zero-order chi connectivity index (χ0) is 14.1. The molecule has 2 N–H and O–H groups in total. The molecule has 1 heterocycles. The summed E-state index contributed by atoms with van der Waals surface area (Å²) in [5, 5.41) is 8.81. The van der Waals surface area contributed by atoms with E-state index in [2.05, 4.69) is 9.71 Å². The van der Waals surface area contributed by atoms with Crippen molar-refractivity contribution >= 4 is 10.0 Å². The summed E-state index contributed by atoms with van der Waals surface area (Å²) in [7, 11) is -3.58. The lowest BCUT2D eigenvalue weighted by molar-refractivity contribution is 0.133. The average molecular weight is 288 g/mol. The van der Waals surface area contributed by atoms with Crippen molar-refractivity contribution in [2.24, 2.45) is 0 Å². The third-order valence-corrected chi connectivity index (χ3v) is 3.74. The first-order chi connectivity index (χ1) is 9.10. The minimum Gasteiger partial charge on any atom is -0.392 e. The second-order valence-corrected chi connectivity index (χ2v) is 5.74. The summed E-state index contributed by atoms with van der Waals surface area (Å²) in [5.41, 5.74) is 0.576. The number of sulfonamides is 1. The largest absolute Gasteiger partial charge is 0.392 e. The van der Waals surface area contributed by atoms with E-state index in [0.717, 1.165) is 6.42 Å². The summed E-state index contributed by atoms with van der Waals surface area (Å²) < 4.78 is 31.4. The van der Waals surface area contributed by atoms with Crippen LogP contribution in [0.3, 0.4) is 0 Å². The van der Waals surface area contributed by atoms with Gasteiger partial charge in [0.15, 0.2) is 5.03 Å². The highest BCUT2D eigenvalue weighted by molar-refractivity contribution is 7.89. The maximum atomic E-state index is 11.8. The molecule has 1 rings (SSSR count). The molecule has 7 heteroatoms. The first-order valence-electron chi connectivity index (χ1n) is 6.23. The van der Waals surface area contributed by atoms with Gasteiger partial charge in [0, 0.05) is 26.0 Å². The summed E-state index contributed by atoms with van der Waals surface area (Å²) in [4.78, 5) is 3.81. The minimum absolute atomic E-state index is 0.0424. The van der Waals surface area contributed by atoms with E-state index in [4.69, 9.17) is 9.84 Å². The Morgan fingerprint density at radius 2 is 2.16 bits per heavy atom. The van der Waals surface area contributed by atoms with Crippen LogP contribution in [0.25, 0.3) is 0 Å². The molecule has 0 fully saturated rings. The van der Waals surface area contributed by atoms with E-state index in [1.807, 2.05) is 6.92 Å². The van der Waals surface area contributed by atoms with Gasteiger partial charge in [-0.3, -0.25) is 0 Å². The van der Waals surface area contributed by atoms with Crippen LogP contribution in [0.15, 0.2) is 23.4 Å². The molecule has 0 aliphatic heterocycles. The first-order valence-corrected chi connectivity index (χ1v) is 7.71. The highest BCUT2D eigenvalue weighted by Crippen LogP contribution is 2.06. The Morgan fingerprint density at radius 3 is 2.74 bits per heavy atom. The molecule has 0 saturated carbocycles. The second-order valence-electron chi connectivity index (χ2n) is 4.03. The number of pyridine rings is 1. The van der Waals surface area contributed by atoms with Gasteiger partial charge in [-0.05, 0) is 24.5 Å². The second kappa shape index (κ2) is 8.21. The van der Waals surface area contributed by atoms with Gasteiger partial charge in [0.1, 0.15) is 0 Å². The van der Waals surface area contributed by atoms with Crippen LogP contribution in [0.1, 0.15) is 25.3 Å². The SMILES string of the molecule is CCCOCCCNS(=O)(=O)c1ccc(CO)cn1. The van der Waals surface area contributed by atoms with Crippen LogP contribution in [-0.2, 0) is 21.4 Å². The van der Waals surface area contributed by atoms with Gasteiger partial charge in [0.05, 0.1) is 6.61 Å². The smallest absolute Gasteiger partial charge is 0.258 e. The van der Waals surface area contributed by atoms with E-state index in [-0.39, 0.29) is 11.6 Å². The Morgan fingerprint density at radius 1 is 1.37 bits per heavy atom. The van der Waals surface area contributed by atoms with Gasteiger partial charge in [-0.25, -0.2) is 18.1 Å². The number of nitrogens with one attached hydrogen (secondary N) is 1. The summed E-state index contributed by atoms with van der Waals surface area (Å²) in [6.45, 7) is 3.40. The Hall–Kier alpha value is -1.02. The number of ether oxygens (including phenoxy) is 1. The molecule has 0 amide bonds. The summed E-state index contributed by atoms with van der Waals surface area (Å²) in [6, 6.07) is 2.91. The molecule has 1 aromatic rings. The molecule has 1 aromatic heterocycles. The predicted molar refractivity (Wildman–Crippen MR) is 71.1 cm³/mol. The van der Waals surface area contributed by atoms with Crippen molar-refractivity contribution in [2.75, 3.05) is 19.8 Å². The van der Waals surface area contributed by atoms with Gasteiger partial charge in [-0.1, -0.05) is 13.0 Å². The van der Waals surface area contributed by atoms with Crippen LogP contribution in [0, 0.1) is 0 Å². The lowest BCUT2D eigenvalue weighted by Crippen LogP contribution is -2.26. The van der Waals surface area contributed by atoms with E-state index in [0.29, 0.717) is 31.7 Å². The van der Waals surface area contributed by atoms with Crippen LogP contribution in [0.5, 0.6) is 0 Å². The average Bonchev–Trinajstić information content (AvgIpc) is 2.43. The monoisotopic (exact) mass is 288 g/mol.